The van der Waals surface area contributed by atoms with Crippen molar-refractivity contribution in [3.05, 3.63) is 101 Å². The van der Waals surface area contributed by atoms with E-state index in [1.165, 1.54) is 16.7 Å². The van der Waals surface area contributed by atoms with Gasteiger partial charge in [0.25, 0.3) is 0 Å². The van der Waals surface area contributed by atoms with Gasteiger partial charge in [0.05, 0.1) is 0 Å². The maximum absolute atomic E-state index is 12.3. The largest absolute Gasteiger partial charge is 0.338 e. The second-order valence-electron chi connectivity index (χ2n) is 6.86. The van der Waals surface area contributed by atoms with Crippen LogP contribution in [0.5, 0.6) is 0 Å². The summed E-state index contributed by atoms with van der Waals surface area (Å²) in [5, 5.41) is 5.93. The van der Waals surface area contributed by atoms with Crippen LogP contribution in [-0.4, -0.2) is 12.6 Å². The van der Waals surface area contributed by atoms with Crippen molar-refractivity contribution in [2.24, 2.45) is 0 Å². The monoisotopic (exact) mass is 358 g/mol. The highest BCUT2D eigenvalue weighted by Crippen LogP contribution is 2.27. The lowest BCUT2D eigenvalue weighted by atomic mass is 9.88. The maximum Gasteiger partial charge on any atom is 0.319 e. The van der Waals surface area contributed by atoms with Crippen molar-refractivity contribution in [2.75, 3.05) is 11.9 Å². The van der Waals surface area contributed by atoms with Crippen molar-refractivity contribution in [3.8, 4) is 0 Å². The van der Waals surface area contributed by atoms with E-state index in [-0.39, 0.29) is 11.9 Å². The molecule has 2 N–H and O–H groups in total. The Bertz CT molecular complexity index is 836. The number of rotatable bonds is 6. The average molecular weight is 358 g/mol. The Morgan fingerprint density at radius 3 is 2.00 bits per heavy atom. The molecule has 0 unspecified atom stereocenters. The quantitative estimate of drug-likeness (QED) is 0.587. The molecule has 0 atom stereocenters. The first-order chi connectivity index (χ1) is 13.1. The van der Waals surface area contributed by atoms with Gasteiger partial charge in [-0.1, -0.05) is 78.4 Å². The number of amides is 2. The first-order valence-corrected chi connectivity index (χ1v) is 9.35. The maximum atomic E-state index is 12.3. The number of benzene rings is 3. The van der Waals surface area contributed by atoms with Crippen molar-refractivity contribution in [1.29, 1.82) is 0 Å². The summed E-state index contributed by atoms with van der Waals surface area (Å²) in [4.78, 5) is 12.3. The first-order valence-electron chi connectivity index (χ1n) is 9.35. The molecular formula is C24H26N2O. The Morgan fingerprint density at radius 1 is 0.852 bits per heavy atom. The minimum Gasteiger partial charge on any atom is -0.338 e. The molecule has 0 heterocycles. The van der Waals surface area contributed by atoms with Crippen molar-refractivity contribution in [1.82, 2.24) is 5.32 Å². The van der Waals surface area contributed by atoms with E-state index >= 15 is 0 Å². The molecule has 3 aromatic carbocycles. The number of aryl methyl sites for hydroxylation is 2. The predicted molar refractivity (Wildman–Crippen MR) is 112 cm³/mol. The van der Waals surface area contributed by atoms with E-state index in [1.54, 1.807) is 0 Å². The molecule has 0 spiro atoms. The average Bonchev–Trinajstić information content (AvgIpc) is 2.69. The van der Waals surface area contributed by atoms with Gasteiger partial charge in [-0.05, 0) is 43.0 Å². The fourth-order valence-electron chi connectivity index (χ4n) is 3.35. The number of hydrogen-bond acceptors (Lipinski definition) is 1. The van der Waals surface area contributed by atoms with E-state index in [4.69, 9.17) is 0 Å². The van der Waals surface area contributed by atoms with Gasteiger partial charge < -0.3 is 10.6 Å². The minimum absolute atomic E-state index is 0.165. The third kappa shape index (κ3) is 5.20. The smallest absolute Gasteiger partial charge is 0.319 e. The molecular weight excluding hydrogens is 332 g/mol. The van der Waals surface area contributed by atoms with Gasteiger partial charge in [-0.3, -0.25) is 0 Å². The Kier molecular flexibility index (Phi) is 6.26. The number of carbonyl (C=O) groups is 1. The fourth-order valence-corrected chi connectivity index (χ4v) is 3.35. The minimum atomic E-state index is -0.165. The van der Waals surface area contributed by atoms with Crippen LogP contribution in [0.25, 0.3) is 0 Å². The molecule has 0 saturated carbocycles. The Labute approximate surface area is 161 Å². The lowest BCUT2D eigenvalue weighted by Crippen LogP contribution is -2.30. The first kappa shape index (κ1) is 18.7. The molecule has 0 aliphatic heterocycles. The molecule has 0 saturated heterocycles. The third-order valence-corrected chi connectivity index (χ3v) is 4.75. The van der Waals surface area contributed by atoms with Crippen molar-refractivity contribution in [3.63, 3.8) is 0 Å². The van der Waals surface area contributed by atoms with Crippen molar-refractivity contribution >= 4 is 11.7 Å². The number of anilines is 1. The summed E-state index contributed by atoms with van der Waals surface area (Å²) < 4.78 is 0. The summed E-state index contributed by atoms with van der Waals surface area (Å²) in [5.74, 6) is 0.258. The molecule has 3 rings (SSSR count). The van der Waals surface area contributed by atoms with Gasteiger partial charge in [0, 0.05) is 18.2 Å². The van der Waals surface area contributed by atoms with E-state index in [9.17, 15) is 4.79 Å². The zero-order valence-corrected chi connectivity index (χ0v) is 15.9. The molecule has 3 aromatic rings. The molecule has 0 bridgehead atoms. The van der Waals surface area contributed by atoms with Crippen molar-refractivity contribution in [2.45, 2.75) is 26.2 Å². The highest BCUT2D eigenvalue weighted by Gasteiger charge is 2.14. The molecule has 138 valence electrons. The molecule has 2 amide bonds. The molecule has 3 heteroatoms. The van der Waals surface area contributed by atoms with Crippen LogP contribution in [0.3, 0.4) is 0 Å². The van der Waals surface area contributed by atoms with Gasteiger partial charge in [-0.25, -0.2) is 4.79 Å². The highest BCUT2D eigenvalue weighted by molar-refractivity contribution is 5.90. The summed E-state index contributed by atoms with van der Waals surface area (Å²) in [7, 11) is 0. The van der Waals surface area contributed by atoms with Gasteiger partial charge >= 0.3 is 6.03 Å². The summed E-state index contributed by atoms with van der Waals surface area (Å²) in [6.45, 7) is 4.65. The number of carbonyl (C=O) groups excluding carboxylic acids is 1. The van der Waals surface area contributed by atoms with Crippen LogP contribution < -0.4 is 10.6 Å². The molecule has 0 radical (unpaired) electrons. The highest BCUT2D eigenvalue weighted by atomic mass is 16.2. The topological polar surface area (TPSA) is 41.1 Å². The summed E-state index contributed by atoms with van der Waals surface area (Å²) in [5.41, 5.74) is 5.63. The predicted octanol–water partition coefficient (Wildman–Crippen LogP) is 5.65. The summed E-state index contributed by atoms with van der Waals surface area (Å²) in [6, 6.07) is 26.7. The number of urea groups is 1. The van der Waals surface area contributed by atoms with E-state index in [1.807, 2.05) is 38.1 Å². The zero-order valence-electron chi connectivity index (χ0n) is 15.9. The second kappa shape index (κ2) is 9.04. The van der Waals surface area contributed by atoms with Crippen molar-refractivity contribution < 1.29 is 4.79 Å². The van der Waals surface area contributed by atoms with Gasteiger partial charge in [-0.2, -0.15) is 0 Å². The third-order valence-electron chi connectivity index (χ3n) is 4.75. The van der Waals surface area contributed by atoms with Gasteiger partial charge in [0.2, 0.25) is 0 Å². The molecule has 0 aliphatic carbocycles. The Morgan fingerprint density at radius 2 is 1.44 bits per heavy atom. The second-order valence-corrected chi connectivity index (χ2v) is 6.86. The lowest BCUT2D eigenvalue weighted by molar-refractivity contribution is 0.252. The SMILES string of the molecule is Cc1ccc(NC(=O)NCCC(c2ccccc2)c2ccccc2)c(C)c1. The van der Waals surface area contributed by atoms with E-state index in [2.05, 4.69) is 65.2 Å². The van der Waals surface area contributed by atoms with Crippen LogP contribution >= 0.6 is 0 Å². The van der Waals surface area contributed by atoms with Crippen LogP contribution in [0.4, 0.5) is 10.5 Å². The summed E-state index contributed by atoms with van der Waals surface area (Å²) >= 11 is 0. The van der Waals surface area contributed by atoms with Crippen LogP contribution in [0, 0.1) is 13.8 Å². The normalized spacial score (nSPS) is 10.6. The van der Waals surface area contributed by atoms with Crippen LogP contribution in [0.15, 0.2) is 78.9 Å². The summed E-state index contributed by atoms with van der Waals surface area (Å²) in [6.07, 6.45) is 0.842. The fraction of sp³-hybridized carbons (Fsp3) is 0.208. The molecule has 3 nitrogen and oxygen atoms in total. The number of hydrogen-bond donors (Lipinski definition) is 2. The van der Waals surface area contributed by atoms with Crippen LogP contribution in [0.2, 0.25) is 0 Å². The van der Waals surface area contributed by atoms with Crippen LogP contribution in [0.1, 0.15) is 34.6 Å². The number of nitrogens with one attached hydrogen (secondary N) is 2. The standard InChI is InChI=1S/C24H26N2O/c1-18-13-14-23(19(2)17-18)26-24(27)25-16-15-22(20-9-5-3-6-10-20)21-11-7-4-8-12-21/h3-14,17,22H,15-16H2,1-2H3,(H2,25,26,27). The Balaban J connectivity index is 1.61. The van der Waals surface area contributed by atoms with Crippen LogP contribution in [-0.2, 0) is 0 Å². The van der Waals surface area contributed by atoms with Gasteiger partial charge in [-0.15, -0.1) is 0 Å². The molecule has 0 aliphatic rings. The van der Waals surface area contributed by atoms with E-state index < -0.39 is 0 Å². The molecule has 0 aromatic heterocycles. The lowest BCUT2D eigenvalue weighted by Gasteiger charge is -2.19. The Hall–Kier alpha value is -3.07. The van der Waals surface area contributed by atoms with Gasteiger partial charge in [0.1, 0.15) is 0 Å². The molecule has 0 fully saturated rings. The zero-order chi connectivity index (χ0) is 19.1. The van der Waals surface area contributed by atoms with E-state index in [0.29, 0.717) is 6.54 Å². The molecule has 27 heavy (non-hydrogen) atoms. The van der Waals surface area contributed by atoms with E-state index in [0.717, 1.165) is 17.7 Å². The van der Waals surface area contributed by atoms with Gasteiger partial charge in [0.15, 0.2) is 0 Å².